The number of fused-ring (bicyclic) bond motifs is 1. The molecule has 2 aromatic carbocycles. The molecule has 0 saturated carbocycles. The van der Waals surface area contributed by atoms with E-state index in [2.05, 4.69) is 0 Å². The van der Waals surface area contributed by atoms with Gasteiger partial charge in [0.1, 0.15) is 13.3 Å². The minimum Gasteiger partial charge on any atom is -0.398 e. The van der Waals surface area contributed by atoms with E-state index in [9.17, 15) is 4.79 Å². The molecule has 0 atom stereocenters. The summed E-state index contributed by atoms with van der Waals surface area (Å²) in [6.45, 7) is 0. The van der Waals surface area contributed by atoms with Gasteiger partial charge in [0.25, 0.3) is 5.52 Å². The minimum absolute atomic E-state index is 0.664. The van der Waals surface area contributed by atoms with E-state index in [0.29, 0.717) is 5.56 Å². The fourth-order valence-electron chi connectivity index (χ4n) is 2.06. The summed E-state index contributed by atoms with van der Waals surface area (Å²) in [5.74, 6) is 0.786. The number of carbonyl (C=O) groups is 1. The minimum atomic E-state index is 0.664. The monoisotopic (exact) mass is 238 g/mol. The van der Waals surface area contributed by atoms with Crippen molar-refractivity contribution in [3.05, 3.63) is 54.1 Å². The van der Waals surface area contributed by atoms with Crippen LogP contribution in [-0.2, 0) is 7.05 Å². The van der Waals surface area contributed by atoms with Crippen LogP contribution in [0.5, 0.6) is 0 Å². The third-order valence-corrected chi connectivity index (χ3v) is 3.03. The number of carbonyl (C=O) groups excluding carboxylic acids is 1. The number of aldehydes is 1. The van der Waals surface area contributed by atoms with Crippen molar-refractivity contribution in [1.82, 2.24) is 0 Å². The molecule has 0 radical (unpaired) electrons. The zero-order valence-corrected chi connectivity index (χ0v) is 9.96. The Labute approximate surface area is 104 Å². The van der Waals surface area contributed by atoms with Gasteiger partial charge in [-0.05, 0) is 18.2 Å². The quantitative estimate of drug-likeness (QED) is 0.508. The summed E-state index contributed by atoms with van der Waals surface area (Å²) in [5, 5.41) is 0. The van der Waals surface area contributed by atoms with Gasteiger partial charge < -0.3 is 4.42 Å². The highest BCUT2D eigenvalue weighted by Gasteiger charge is 2.19. The van der Waals surface area contributed by atoms with Crippen LogP contribution in [0.25, 0.3) is 22.6 Å². The number of aryl methyl sites for hydroxylation is 1. The largest absolute Gasteiger partial charge is 0.398 e. The molecule has 0 aliphatic rings. The van der Waals surface area contributed by atoms with Crippen molar-refractivity contribution in [2.75, 3.05) is 0 Å². The maximum Gasteiger partial charge on any atom is 0.381 e. The van der Waals surface area contributed by atoms with Gasteiger partial charge in [0.2, 0.25) is 5.58 Å². The molecule has 1 heterocycles. The Balaban J connectivity index is 2.18. The van der Waals surface area contributed by atoms with Gasteiger partial charge >= 0.3 is 5.89 Å². The number of hydrogen-bond acceptors (Lipinski definition) is 2. The molecule has 0 bridgehead atoms. The summed E-state index contributed by atoms with van der Waals surface area (Å²) in [5.41, 5.74) is 3.53. The molecule has 18 heavy (non-hydrogen) atoms. The number of hydrogen-bond donors (Lipinski definition) is 0. The van der Waals surface area contributed by atoms with Crippen LogP contribution in [-0.4, -0.2) is 6.29 Å². The molecule has 0 aliphatic heterocycles. The van der Waals surface area contributed by atoms with Gasteiger partial charge in [-0.3, -0.25) is 4.79 Å². The van der Waals surface area contributed by atoms with Crippen LogP contribution in [0, 0.1) is 0 Å². The lowest BCUT2D eigenvalue weighted by Gasteiger charge is -1.93. The van der Waals surface area contributed by atoms with Crippen LogP contribution in [0.1, 0.15) is 10.4 Å². The van der Waals surface area contributed by atoms with E-state index >= 15 is 0 Å². The fraction of sp³-hybridized carbons (Fsp3) is 0.0667. The predicted octanol–water partition coefficient (Wildman–Crippen LogP) is 2.74. The second-order valence-corrected chi connectivity index (χ2v) is 4.17. The summed E-state index contributed by atoms with van der Waals surface area (Å²) in [7, 11) is 1.97. The molecule has 3 heteroatoms. The van der Waals surface area contributed by atoms with Crippen molar-refractivity contribution in [1.29, 1.82) is 0 Å². The predicted molar refractivity (Wildman–Crippen MR) is 68.2 cm³/mol. The van der Waals surface area contributed by atoms with Crippen LogP contribution in [0.3, 0.4) is 0 Å². The summed E-state index contributed by atoms with van der Waals surface area (Å²) < 4.78 is 7.84. The third-order valence-electron chi connectivity index (χ3n) is 3.03. The molecule has 0 unspecified atom stereocenters. The summed E-state index contributed by atoms with van der Waals surface area (Å²) in [4.78, 5) is 10.6. The first-order valence-corrected chi connectivity index (χ1v) is 5.73. The molecule has 3 rings (SSSR count). The van der Waals surface area contributed by atoms with Crippen LogP contribution >= 0.6 is 0 Å². The third kappa shape index (κ3) is 1.61. The van der Waals surface area contributed by atoms with Crippen LogP contribution in [0.4, 0.5) is 0 Å². The highest BCUT2D eigenvalue weighted by molar-refractivity contribution is 5.76. The average molecular weight is 238 g/mol. The number of para-hydroxylation sites is 2. The van der Waals surface area contributed by atoms with E-state index in [1.165, 1.54) is 0 Å². The van der Waals surface area contributed by atoms with E-state index in [1.807, 2.05) is 48.0 Å². The van der Waals surface area contributed by atoms with Crippen molar-refractivity contribution in [2.24, 2.45) is 7.05 Å². The van der Waals surface area contributed by atoms with E-state index < -0.39 is 0 Å². The Morgan fingerprint density at radius 2 is 1.78 bits per heavy atom. The zero-order valence-electron chi connectivity index (χ0n) is 9.96. The summed E-state index contributed by atoms with van der Waals surface area (Å²) >= 11 is 0. The van der Waals surface area contributed by atoms with Gasteiger partial charge in [-0.15, -0.1) is 0 Å². The number of benzene rings is 2. The normalized spacial score (nSPS) is 10.7. The van der Waals surface area contributed by atoms with Gasteiger partial charge in [-0.25, -0.2) is 0 Å². The summed E-state index contributed by atoms with van der Waals surface area (Å²) in [6, 6.07) is 15.2. The van der Waals surface area contributed by atoms with Crippen molar-refractivity contribution < 1.29 is 13.8 Å². The SMILES string of the molecule is C[n+]1c(-c2ccc(C=O)cc2)oc2ccccc21. The molecular weight excluding hydrogens is 226 g/mol. The number of nitrogens with zero attached hydrogens (tertiary/aromatic N) is 1. The van der Waals surface area contributed by atoms with Gasteiger partial charge in [-0.1, -0.05) is 24.3 Å². The molecular formula is C15H12NO2+. The van der Waals surface area contributed by atoms with Gasteiger partial charge in [0.05, 0.1) is 5.56 Å². The topological polar surface area (TPSA) is 34.1 Å². The van der Waals surface area contributed by atoms with Gasteiger partial charge in [-0.2, -0.15) is 4.57 Å². The first-order chi connectivity index (χ1) is 8.79. The standard InChI is InChI=1S/C15H12NO2/c1-16-13-4-2-3-5-14(13)18-15(16)12-8-6-11(10-17)7-9-12/h2-10H,1H3/q+1. The lowest BCUT2D eigenvalue weighted by Crippen LogP contribution is -2.28. The van der Waals surface area contributed by atoms with Gasteiger partial charge in [0, 0.05) is 11.6 Å². The molecule has 3 aromatic rings. The van der Waals surface area contributed by atoms with E-state index in [4.69, 9.17) is 4.42 Å². The molecule has 0 aliphatic carbocycles. The lowest BCUT2D eigenvalue weighted by molar-refractivity contribution is -0.637. The van der Waals surface area contributed by atoms with E-state index in [0.717, 1.165) is 28.8 Å². The zero-order chi connectivity index (χ0) is 12.5. The molecule has 3 nitrogen and oxygen atoms in total. The van der Waals surface area contributed by atoms with Crippen LogP contribution in [0.15, 0.2) is 52.9 Å². The van der Waals surface area contributed by atoms with Crippen LogP contribution in [0.2, 0.25) is 0 Å². The molecule has 0 saturated heterocycles. The fourth-order valence-corrected chi connectivity index (χ4v) is 2.06. The first kappa shape index (κ1) is 10.7. The lowest BCUT2D eigenvalue weighted by atomic mass is 10.1. The Kier molecular flexibility index (Phi) is 2.45. The average Bonchev–Trinajstić information content (AvgIpc) is 2.77. The highest BCUT2D eigenvalue weighted by atomic mass is 16.4. The molecule has 0 amide bonds. The van der Waals surface area contributed by atoms with Crippen molar-refractivity contribution in [3.63, 3.8) is 0 Å². The van der Waals surface area contributed by atoms with Crippen molar-refractivity contribution in [3.8, 4) is 11.5 Å². The van der Waals surface area contributed by atoms with Crippen LogP contribution < -0.4 is 4.57 Å². The Morgan fingerprint density at radius 3 is 2.44 bits per heavy atom. The Hall–Kier alpha value is -2.42. The number of rotatable bonds is 2. The van der Waals surface area contributed by atoms with Crippen molar-refractivity contribution in [2.45, 2.75) is 0 Å². The molecule has 0 N–H and O–H groups in total. The maximum absolute atomic E-state index is 10.6. The van der Waals surface area contributed by atoms with E-state index in [1.54, 1.807) is 12.1 Å². The second kappa shape index (κ2) is 4.11. The number of aromatic nitrogens is 1. The first-order valence-electron chi connectivity index (χ1n) is 5.73. The summed E-state index contributed by atoms with van der Waals surface area (Å²) in [6.07, 6.45) is 0.836. The molecule has 1 aromatic heterocycles. The van der Waals surface area contributed by atoms with Gasteiger partial charge in [0.15, 0.2) is 0 Å². The molecule has 88 valence electrons. The smallest absolute Gasteiger partial charge is 0.381 e. The maximum atomic E-state index is 10.6. The molecule has 0 fully saturated rings. The highest BCUT2D eigenvalue weighted by Crippen LogP contribution is 2.22. The molecule has 0 spiro atoms. The second-order valence-electron chi connectivity index (χ2n) is 4.17. The van der Waals surface area contributed by atoms with Crippen molar-refractivity contribution >= 4 is 17.4 Å². The Bertz CT molecular complexity index is 711. The Morgan fingerprint density at radius 1 is 1.06 bits per heavy atom. The van der Waals surface area contributed by atoms with E-state index in [-0.39, 0.29) is 0 Å². The number of oxazole rings is 1.